The van der Waals surface area contributed by atoms with E-state index in [4.69, 9.17) is 0 Å². The molecule has 0 saturated heterocycles. The number of unbranched alkanes of at least 4 members (excludes halogenated alkanes) is 18. The molecule has 216 valence electrons. The van der Waals surface area contributed by atoms with Crippen molar-refractivity contribution < 1.29 is 25.2 Å². The number of nitrogens with one attached hydrogen (secondary N) is 1. The molecule has 0 heterocycles. The topological polar surface area (TPSA) is 110 Å². The number of hydrogen-bond donors (Lipinski definition) is 5. The fourth-order valence-corrected chi connectivity index (χ4v) is 4.75. The Morgan fingerprint density at radius 1 is 0.583 bits per heavy atom. The van der Waals surface area contributed by atoms with E-state index in [0.29, 0.717) is 12.8 Å². The summed E-state index contributed by atoms with van der Waals surface area (Å²) >= 11 is 0. The van der Waals surface area contributed by atoms with Gasteiger partial charge in [0.25, 0.3) is 0 Å². The highest BCUT2D eigenvalue weighted by molar-refractivity contribution is 5.80. The molecule has 0 rings (SSSR count). The Balaban J connectivity index is 3.91. The minimum Gasteiger partial charge on any atom is -0.394 e. The second kappa shape index (κ2) is 25.9. The quantitative estimate of drug-likeness (QED) is 0.0841. The van der Waals surface area contributed by atoms with Gasteiger partial charge in [-0.15, -0.1) is 0 Å². The lowest BCUT2D eigenvalue weighted by molar-refractivity contribution is -0.132. The van der Waals surface area contributed by atoms with Crippen molar-refractivity contribution in [1.29, 1.82) is 0 Å². The Morgan fingerprint density at radius 2 is 0.944 bits per heavy atom. The van der Waals surface area contributed by atoms with Crippen molar-refractivity contribution in [2.75, 3.05) is 6.61 Å². The first-order valence-electron chi connectivity index (χ1n) is 15.4. The van der Waals surface area contributed by atoms with Crippen molar-refractivity contribution in [2.45, 2.75) is 179 Å². The first-order chi connectivity index (χ1) is 17.5. The first-order valence-corrected chi connectivity index (χ1v) is 15.4. The van der Waals surface area contributed by atoms with Crippen molar-refractivity contribution >= 4 is 5.91 Å². The molecule has 0 aliphatic heterocycles. The zero-order valence-corrected chi connectivity index (χ0v) is 23.8. The van der Waals surface area contributed by atoms with E-state index in [9.17, 15) is 25.2 Å². The molecule has 6 heteroatoms. The average molecular weight is 516 g/mol. The monoisotopic (exact) mass is 515 g/mol. The van der Waals surface area contributed by atoms with Crippen LogP contribution < -0.4 is 5.32 Å². The van der Waals surface area contributed by atoms with Crippen molar-refractivity contribution in [3.63, 3.8) is 0 Å². The fraction of sp³-hybridized carbons (Fsp3) is 0.967. The predicted octanol–water partition coefficient (Wildman–Crippen LogP) is 6.17. The zero-order chi connectivity index (χ0) is 26.9. The molecule has 4 unspecified atom stereocenters. The Morgan fingerprint density at radius 3 is 1.33 bits per heavy atom. The summed E-state index contributed by atoms with van der Waals surface area (Å²) in [6.07, 6.45) is 21.2. The van der Waals surface area contributed by atoms with E-state index in [-0.39, 0.29) is 0 Å². The van der Waals surface area contributed by atoms with Gasteiger partial charge in [-0.25, -0.2) is 0 Å². The van der Waals surface area contributed by atoms with Crippen molar-refractivity contribution in [3.05, 3.63) is 0 Å². The van der Waals surface area contributed by atoms with E-state index < -0.39 is 36.9 Å². The van der Waals surface area contributed by atoms with Crippen LogP contribution in [-0.2, 0) is 4.79 Å². The number of carbonyl (C=O) groups is 1. The van der Waals surface area contributed by atoms with E-state index in [0.717, 1.165) is 38.5 Å². The van der Waals surface area contributed by atoms with Crippen molar-refractivity contribution in [2.24, 2.45) is 0 Å². The summed E-state index contributed by atoms with van der Waals surface area (Å²) in [6, 6.07) is -0.974. The molecule has 0 fully saturated rings. The number of aliphatic hydroxyl groups excluding tert-OH is 4. The van der Waals surface area contributed by atoms with Gasteiger partial charge in [0.15, 0.2) is 0 Å². The lowest BCUT2D eigenvalue weighted by atomic mass is 9.99. The Bertz CT molecular complexity index is 476. The molecule has 0 aromatic carbocycles. The normalized spacial score (nSPS) is 14.9. The minimum absolute atomic E-state index is 0.373. The van der Waals surface area contributed by atoms with Crippen LogP contribution in [0.25, 0.3) is 0 Å². The number of hydrogen-bond acceptors (Lipinski definition) is 5. The molecule has 0 bridgehead atoms. The highest BCUT2D eigenvalue weighted by atomic mass is 16.3. The summed E-state index contributed by atoms with van der Waals surface area (Å²) in [6.45, 7) is 3.97. The average Bonchev–Trinajstić information content (AvgIpc) is 2.88. The predicted molar refractivity (Wildman–Crippen MR) is 150 cm³/mol. The molecule has 0 aromatic heterocycles. The third-order valence-electron chi connectivity index (χ3n) is 7.32. The maximum absolute atomic E-state index is 12.3. The van der Waals surface area contributed by atoms with E-state index >= 15 is 0 Å². The van der Waals surface area contributed by atoms with Gasteiger partial charge in [0, 0.05) is 0 Å². The Kier molecular flexibility index (Phi) is 25.4. The van der Waals surface area contributed by atoms with Gasteiger partial charge in [-0.05, 0) is 12.8 Å². The van der Waals surface area contributed by atoms with Gasteiger partial charge in [-0.3, -0.25) is 4.79 Å². The molecule has 0 aromatic rings. The number of aliphatic hydroxyl groups is 4. The van der Waals surface area contributed by atoms with Crippen LogP contribution in [0.5, 0.6) is 0 Å². The van der Waals surface area contributed by atoms with E-state index in [1.54, 1.807) is 0 Å². The largest absolute Gasteiger partial charge is 0.394 e. The third-order valence-corrected chi connectivity index (χ3v) is 7.32. The van der Waals surface area contributed by atoms with Gasteiger partial charge in [0.1, 0.15) is 12.2 Å². The lowest BCUT2D eigenvalue weighted by Crippen LogP contribution is -2.53. The van der Waals surface area contributed by atoms with Crippen LogP contribution in [0.2, 0.25) is 0 Å². The molecule has 4 atom stereocenters. The van der Waals surface area contributed by atoms with Gasteiger partial charge in [-0.2, -0.15) is 0 Å². The first kappa shape index (κ1) is 35.3. The second-order valence-electron chi connectivity index (χ2n) is 10.8. The Hall–Kier alpha value is -0.690. The summed E-state index contributed by atoms with van der Waals surface area (Å²) in [5.74, 6) is -0.588. The number of amides is 1. The lowest BCUT2D eigenvalue weighted by Gasteiger charge is -2.27. The highest BCUT2D eigenvalue weighted by Gasteiger charge is 2.28. The van der Waals surface area contributed by atoms with E-state index in [1.807, 2.05) is 0 Å². The van der Waals surface area contributed by atoms with Crippen LogP contribution in [0.3, 0.4) is 0 Å². The van der Waals surface area contributed by atoms with Crippen molar-refractivity contribution in [1.82, 2.24) is 5.32 Å². The second-order valence-corrected chi connectivity index (χ2v) is 10.8. The van der Waals surface area contributed by atoms with Crippen molar-refractivity contribution in [3.8, 4) is 0 Å². The fourth-order valence-electron chi connectivity index (χ4n) is 4.75. The summed E-state index contributed by atoms with van der Waals surface area (Å²) in [5, 5.41) is 43.0. The standard InChI is InChI=1S/C30H61NO5/c1-3-5-7-9-11-13-15-17-19-21-23-27(33)29(35)26(25-32)31-30(36)28(34)24-22-20-18-16-14-12-10-8-6-4-2/h26-29,32-35H,3-25H2,1-2H3,(H,31,36). The highest BCUT2D eigenvalue weighted by Crippen LogP contribution is 2.15. The smallest absolute Gasteiger partial charge is 0.249 e. The zero-order valence-electron chi connectivity index (χ0n) is 23.8. The van der Waals surface area contributed by atoms with Gasteiger partial charge in [-0.1, -0.05) is 142 Å². The summed E-state index contributed by atoms with van der Waals surface area (Å²) in [7, 11) is 0. The van der Waals surface area contributed by atoms with Crippen LogP contribution in [0.1, 0.15) is 155 Å². The van der Waals surface area contributed by atoms with Crippen LogP contribution >= 0.6 is 0 Å². The molecule has 1 amide bonds. The SMILES string of the molecule is CCCCCCCCCCCCC(O)C(=O)NC(CO)C(O)C(O)CCCCCCCCCCCC. The van der Waals surface area contributed by atoms with E-state index in [1.165, 1.54) is 89.9 Å². The number of carbonyl (C=O) groups excluding carboxylic acids is 1. The molecule has 0 saturated carbocycles. The molecule has 5 N–H and O–H groups in total. The molecule has 0 spiro atoms. The summed E-state index contributed by atoms with van der Waals surface area (Å²) in [4.78, 5) is 12.3. The maximum atomic E-state index is 12.3. The van der Waals surface area contributed by atoms with Gasteiger partial charge in [0.05, 0.1) is 18.8 Å². The van der Waals surface area contributed by atoms with Crippen LogP contribution in [0, 0.1) is 0 Å². The van der Waals surface area contributed by atoms with Gasteiger partial charge in [0.2, 0.25) is 5.91 Å². The van der Waals surface area contributed by atoms with Gasteiger partial charge >= 0.3 is 0 Å². The van der Waals surface area contributed by atoms with Crippen LogP contribution in [0.15, 0.2) is 0 Å². The molecule has 0 aliphatic rings. The molecule has 0 aliphatic carbocycles. The molecule has 0 radical (unpaired) electrons. The van der Waals surface area contributed by atoms with Crippen LogP contribution in [0.4, 0.5) is 0 Å². The maximum Gasteiger partial charge on any atom is 0.249 e. The van der Waals surface area contributed by atoms with Gasteiger partial charge < -0.3 is 25.7 Å². The molecular weight excluding hydrogens is 454 g/mol. The molecular formula is C30H61NO5. The summed E-state index contributed by atoms with van der Waals surface area (Å²) < 4.78 is 0. The molecule has 36 heavy (non-hydrogen) atoms. The summed E-state index contributed by atoms with van der Waals surface area (Å²) in [5.41, 5.74) is 0. The van der Waals surface area contributed by atoms with E-state index in [2.05, 4.69) is 19.2 Å². The van der Waals surface area contributed by atoms with Crippen LogP contribution in [-0.4, -0.2) is 57.3 Å². The minimum atomic E-state index is -1.25. The molecule has 6 nitrogen and oxygen atoms in total. The third kappa shape index (κ3) is 20.4. The number of rotatable bonds is 27. The Labute approximate surface area is 222 Å².